The van der Waals surface area contributed by atoms with Gasteiger partial charge in [0.1, 0.15) is 0 Å². The van der Waals surface area contributed by atoms with E-state index in [9.17, 15) is 4.79 Å². The lowest BCUT2D eigenvalue weighted by atomic mass is 9.92. The molecule has 0 bridgehead atoms. The summed E-state index contributed by atoms with van der Waals surface area (Å²) in [6.45, 7) is 9.83. The van der Waals surface area contributed by atoms with Crippen LogP contribution >= 0.6 is 23.1 Å². The van der Waals surface area contributed by atoms with Gasteiger partial charge in [-0.05, 0) is 60.9 Å². The summed E-state index contributed by atoms with van der Waals surface area (Å²) in [6, 6.07) is 7.02. The van der Waals surface area contributed by atoms with Crippen molar-refractivity contribution in [2.75, 3.05) is 23.4 Å². The van der Waals surface area contributed by atoms with Crippen LogP contribution in [0.3, 0.4) is 0 Å². The van der Waals surface area contributed by atoms with E-state index in [1.807, 2.05) is 6.92 Å². The molecule has 1 aliphatic rings. The van der Waals surface area contributed by atoms with Crippen molar-refractivity contribution in [1.29, 1.82) is 0 Å². The van der Waals surface area contributed by atoms with E-state index in [1.165, 1.54) is 49.3 Å². The Hall–Kier alpha value is -1.86. The Balaban J connectivity index is 1.95. The Morgan fingerprint density at radius 1 is 1.28 bits per heavy atom. The largest absolute Gasteiger partial charge is 0.466 e. The molecule has 0 radical (unpaired) electrons. The predicted octanol–water partition coefficient (Wildman–Crippen LogP) is 6.79. The van der Waals surface area contributed by atoms with Crippen LogP contribution in [0.15, 0.2) is 18.2 Å². The number of esters is 1. The van der Waals surface area contributed by atoms with Crippen LogP contribution in [0.2, 0.25) is 5.28 Å². The molecule has 32 heavy (non-hydrogen) atoms. The monoisotopic (exact) mass is 478 g/mol. The van der Waals surface area contributed by atoms with Crippen molar-refractivity contribution in [1.82, 2.24) is 9.36 Å². The fourth-order valence-corrected chi connectivity index (χ4v) is 5.12. The number of rotatable bonds is 10. The van der Waals surface area contributed by atoms with Crippen LogP contribution in [0.4, 0.5) is 16.5 Å². The highest BCUT2D eigenvalue weighted by molar-refractivity contribution is 7.10. The molecule has 1 fully saturated rings. The van der Waals surface area contributed by atoms with Crippen LogP contribution in [0.1, 0.15) is 77.7 Å². The smallest absolute Gasteiger partial charge is 0.306 e. The molecule has 1 aliphatic carbocycles. The van der Waals surface area contributed by atoms with Crippen LogP contribution in [0, 0.1) is 5.92 Å². The first kappa shape index (κ1) is 24.8. The van der Waals surface area contributed by atoms with E-state index < -0.39 is 0 Å². The highest BCUT2D eigenvalue weighted by atomic mass is 35.5. The summed E-state index contributed by atoms with van der Waals surface area (Å²) >= 11 is 7.22. The second-order valence-corrected chi connectivity index (χ2v) is 10.1. The Labute approximate surface area is 200 Å². The number of hydrogen-bond donors (Lipinski definition) is 1. The maximum Gasteiger partial charge on any atom is 0.306 e. The molecule has 3 rings (SSSR count). The van der Waals surface area contributed by atoms with E-state index in [2.05, 4.69) is 58.5 Å². The molecule has 2 aromatic rings. The van der Waals surface area contributed by atoms with Gasteiger partial charge in [-0.15, -0.1) is 0 Å². The summed E-state index contributed by atoms with van der Waals surface area (Å²) in [7, 11) is 0. The van der Waals surface area contributed by atoms with Gasteiger partial charge < -0.3 is 15.0 Å². The molecule has 0 spiro atoms. The quantitative estimate of drug-likeness (QED) is 0.379. The van der Waals surface area contributed by atoms with E-state index in [0.717, 1.165) is 17.8 Å². The molecular formula is C24H35ClN4O2S. The number of benzene rings is 1. The second-order valence-electron chi connectivity index (χ2n) is 9.02. The van der Waals surface area contributed by atoms with Crippen molar-refractivity contribution in [3.8, 4) is 0 Å². The first-order chi connectivity index (χ1) is 15.4. The lowest BCUT2D eigenvalue weighted by Gasteiger charge is -2.38. The van der Waals surface area contributed by atoms with Crippen LogP contribution < -0.4 is 10.2 Å². The zero-order valence-corrected chi connectivity index (χ0v) is 21.1. The van der Waals surface area contributed by atoms with Crippen LogP contribution in [-0.2, 0) is 9.53 Å². The van der Waals surface area contributed by atoms with E-state index in [1.54, 1.807) is 0 Å². The van der Waals surface area contributed by atoms with Gasteiger partial charge in [-0.2, -0.15) is 9.36 Å². The average molecular weight is 479 g/mol. The van der Waals surface area contributed by atoms with Crippen molar-refractivity contribution in [2.24, 2.45) is 5.92 Å². The topological polar surface area (TPSA) is 67.3 Å². The van der Waals surface area contributed by atoms with Crippen LogP contribution in [0.25, 0.3) is 0 Å². The molecule has 1 saturated carbocycles. The maximum atomic E-state index is 12.0. The molecule has 176 valence electrons. The molecule has 0 amide bonds. The lowest BCUT2D eigenvalue weighted by Crippen LogP contribution is -2.39. The summed E-state index contributed by atoms with van der Waals surface area (Å²) in [5.41, 5.74) is 3.24. The van der Waals surface area contributed by atoms with E-state index >= 15 is 0 Å². The number of nitrogens with zero attached hydrogens (tertiary/aromatic N) is 3. The van der Waals surface area contributed by atoms with Gasteiger partial charge in [0.25, 0.3) is 0 Å². The minimum absolute atomic E-state index is 0.0508. The maximum absolute atomic E-state index is 12.0. The number of aromatic nitrogens is 2. The lowest BCUT2D eigenvalue weighted by molar-refractivity contribution is -0.143. The zero-order chi connectivity index (χ0) is 23.1. The summed E-state index contributed by atoms with van der Waals surface area (Å²) in [5.74, 6) is 0.427. The van der Waals surface area contributed by atoms with Gasteiger partial charge in [0, 0.05) is 24.1 Å². The fraction of sp³-hybridized carbons (Fsp3) is 0.625. The van der Waals surface area contributed by atoms with Crippen molar-refractivity contribution < 1.29 is 9.53 Å². The van der Waals surface area contributed by atoms with Gasteiger partial charge in [-0.25, -0.2) is 0 Å². The molecule has 0 aliphatic heterocycles. The Kier molecular flexibility index (Phi) is 9.17. The molecule has 1 atom stereocenters. The first-order valence-corrected chi connectivity index (χ1v) is 12.8. The number of halogens is 1. The molecular weight excluding hydrogens is 444 g/mol. The number of nitrogens with one attached hydrogen (secondary N) is 1. The third-order valence-corrected chi connectivity index (χ3v) is 6.80. The van der Waals surface area contributed by atoms with Gasteiger partial charge in [-0.1, -0.05) is 46.1 Å². The normalized spacial score (nSPS) is 15.6. The number of carbonyl (C=O) groups is 1. The molecule has 0 unspecified atom stereocenters. The van der Waals surface area contributed by atoms with Crippen molar-refractivity contribution in [3.05, 3.63) is 29.0 Å². The Morgan fingerprint density at radius 3 is 2.66 bits per heavy atom. The molecule has 1 aromatic carbocycles. The van der Waals surface area contributed by atoms with Crippen LogP contribution in [0.5, 0.6) is 0 Å². The van der Waals surface area contributed by atoms with Gasteiger partial charge in [-0.3, -0.25) is 4.79 Å². The van der Waals surface area contributed by atoms with Gasteiger partial charge >= 0.3 is 5.97 Å². The summed E-state index contributed by atoms with van der Waals surface area (Å²) < 4.78 is 9.26. The van der Waals surface area contributed by atoms with Gasteiger partial charge in [0.15, 0.2) is 0 Å². The molecule has 6 nitrogen and oxygen atoms in total. The number of hydrogen-bond acceptors (Lipinski definition) is 7. The number of ether oxygens (including phenoxy) is 1. The van der Waals surface area contributed by atoms with E-state index in [4.69, 9.17) is 16.3 Å². The fourth-order valence-electron chi connectivity index (χ4n) is 4.40. The molecule has 8 heteroatoms. The van der Waals surface area contributed by atoms with E-state index in [-0.39, 0.29) is 17.2 Å². The molecule has 1 N–H and O–H groups in total. The van der Waals surface area contributed by atoms with Crippen LogP contribution in [-0.4, -0.2) is 34.5 Å². The Bertz CT molecular complexity index is 883. The number of anilines is 3. The number of carbonyl (C=O) groups excluding carboxylic acids is 1. The average Bonchev–Trinajstić information content (AvgIpc) is 3.17. The highest BCUT2D eigenvalue weighted by Gasteiger charge is 2.25. The minimum Gasteiger partial charge on any atom is -0.466 e. The van der Waals surface area contributed by atoms with Crippen molar-refractivity contribution >= 4 is 45.6 Å². The van der Waals surface area contributed by atoms with Gasteiger partial charge in [0.05, 0.1) is 24.4 Å². The molecule has 1 heterocycles. The first-order valence-electron chi connectivity index (χ1n) is 11.7. The third kappa shape index (κ3) is 6.82. The molecule has 0 saturated heterocycles. The van der Waals surface area contributed by atoms with Gasteiger partial charge in [0.2, 0.25) is 10.4 Å². The molecule has 1 aromatic heterocycles. The highest BCUT2D eigenvalue weighted by Crippen LogP contribution is 2.37. The summed E-state index contributed by atoms with van der Waals surface area (Å²) in [4.78, 5) is 18.9. The minimum atomic E-state index is -0.168. The SMILES string of the molecule is CCOC(=O)C[C@@H](C)c1ccc(N(CC(C)C)C2CCCCC2)c(Nc2nc(Cl)ns2)c1. The zero-order valence-electron chi connectivity index (χ0n) is 19.6. The van der Waals surface area contributed by atoms with Crippen molar-refractivity contribution in [2.45, 2.75) is 78.2 Å². The second kappa shape index (κ2) is 11.8. The standard InChI is InChI=1S/C24H35ClN4O2S/c1-5-31-22(30)13-17(4)18-11-12-21(20(14-18)26-24-27-23(25)28-32-24)29(15-16(2)3)19-9-7-6-8-10-19/h11-12,14,16-17,19H,5-10,13,15H2,1-4H3,(H,26,27,28)/t17-/m1/s1. The van der Waals surface area contributed by atoms with Crippen molar-refractivity contribution in [3.63, 3.8) is 0 Å². The summed E-state index contributed by atoms with van der Waals surface area (Å²) in [5, 5.41) is 4.38. The third-order valence-electron chi connectivity index (χ3n) is 5.90. The summed E-state index contributed by atoms with van der Waals surface area (Å²) in [6.07, 6.45) is 6.68. The predicted molar refractivity (Wildman–Crippen MR) is 133 cm³/mol. The van der Waals surface area contributed by atoms with E-state index in [0.29, 0.717) is 30.1 Å². The Morgan fingerprint density at radius 2 is 2.03 bits per heavy atom.